The quantitative estimate of drug-likeness (QED) is 0.564. The van der Waals surface area contributed by atoms with Crippen molar-refractivity contribution in [2.45, 2.75) is 44.9 Å². The molecule has 1 aromatic rings. The Morgan fingerprint density at radius 3 is 2.50 bits per heavy atom. The van der Waals surface area contributed by atoms with Gasteiger partial charge < -0.3 is 0 Å². The topological polar surface area (TPSA) is 17.1 Å². The van der Waals surface area contributed by atoms with Crippen LogP contribution in [0.4, 0.5) is 0 Å². The molecular weight excluding hydrogens is 284 g/mol. The molecular formula is C13H17BrOS. The first-order valence-electron chi connectivity index (χ1n) is 6.04. The fourth-order valence-corrected chi connectivity index (χ4v) is 3.73. The Hall–Kier alpha value is -0.150. The zero-order valence-electron chi connectivity index (χ0n) is 9.38. The summed E-state index contributed by atoms with van der Waals surface area (Å²) in [5.74, 6) is 0.971. The maximum absolute atomic E-state index is 12.0. The molecule has 1 aromatic heterocycles. The van der Waals surface area contributed by atoms with Crippen LogP contribution in [0.25, 0.3) is 0 Å². The summed E-state index contributed by atoms with van der Waals surface area (Å²) < 4.78 is 1.05. The molecule has 0 atom stereocenters. The largest absolute Gasteiger partial charge is 0.293 e. The summed E-state index contributed by atoms with van der Waals surface area (Å²) >= 11 is 4.96. The van der Waals surface area contributed by atoms with E-state index in [2.05, 4.69) is 15.9 Å². The number of carbonyl (C=O) groups is 1. The number of hydrogen-bond donors (Lipinski definition) is 0. The first-order chi connectivity index (χ1) is 7.75. The molecule has 0 spiro atoms. The fourth-order valence-electron chi connectivity index (χ4n) is 2.39. The van der Waals surface area contributed by atoms with Crippen molar-refractivity contribution in [2.24, 2.45) is 5.92 Å². The molecule has 0 bridgehead atoms. The van der Waals surface area contributed by atoms with Crippen LogP contribution in [0.2, 0.25) is 0 Å². The molecule has 0 aromatic carbocycles. The second-order valence-corrected chi connectivity index (χ2v) is 7.05. The second-order valence-electron chi connectivity index (χ2n) is 4.59. The van der Waals surface area contributed by atoms with Gasteiger partial charge in [-0.05, 0) is 34.0 Å². The summed E-state index contributed by atoms with van der Waals surface area (Å²) in [6.07, 6.45) is 8.59. The summed E-state index contributed by atoms with van der Waals surface area (Å²) in [7, 11) is 0. The maximum atomic E-state index is 12.0. The van der Waals surface area contributed by atoms with Crippen molar-refractivity contribution in [1.82, 2.24) is 0 Å². The van der Waals surface area contributed by atoms with E-state index in [1.807, 2.05) is 12.1 Å². The van der Waals surface area contributed by atoms with Gasteiger partial charge in [-0.25, -0.2) is 0 Å². The van der Waals surface area contributed by atoms with Gasteiger partial charge in [-0.3, -0.25) is 4.79 Å². The van der Waals surface area contributed by atoms with E-state index in [0.29, 0.717) is 11.7 Å². The molecule has 3 heteroatoms. The molecule has 1 saturated carbocycles. The summed E-state index contributed by atoms with van der Waals surface area (Å²) in [5.41, 5.74) is 0. The van der Waals surface area contributed by atoms with Gasteiger partial charge >= 0.3 is 0 Å². The molecule has 0 amide bonds. The van der Waals surface area contributed by atoms with Gasteiger partial charge in [0, 0.05) is 6.42 Å². The van der Waals surface area contributed by atoms with E-state index in [4.69, 9.17) is 0 Å². The van der Waals surface area contributed by atoms with Crippen LogP contribution in [0.5, 0.6) is 0 Å². The minimum atomic E-state index is 0.336. The second kappa shape index (κ2) is 5.97. The minimum Gasteiger partial charge on any atom is -0.293 e. The first kappa shape index (κ1) is 12.3. The highest BCUT2D eigenvalue weighted by Crippen LogP contribution is 2.29. The predicted molar refractivity (Wildman–Crippen MR) is 72.2 cm³/mol. The number of halogens is 1. The maximum Gasteiger partial charge on any atom is 0.173 e. The third-order valence-corrected chi connectivity index (χ3v) is 4.96. The Bertz CT molecular complexity index is 351. The van der Waals surface area contributed by atoms with Crippen LogP contribution in [0.15, 0.2) is 15.9 Å². The third-order valence-electron chi connectivity index (χ3n) is 3.30. The number of rotatable bonds is 3. The lowest BCUT2D eigenvalue weighted by molar-refractivity contribution is 0.0961. The Balaban J connectivity index is 1.90. The summed E-state index contributed by atoms with van der Waals surface area (Å²) in [6.45, 7) is 0. The normalized spacial score (nSPS) is 18.3. The molecule has 1 fully saturated rings. The van der Waals surface area contributed by atoms with Gasteiger partial charge in [-0.15, -0.1) is 11.3 Å². The monoisotopic (exact) mass is 300 g/mol. The van der Waals surface area contributed by atoms with Gasteiger partial charge in [0.1, 0.15) is 0 Å². The van der Waals surface area contributed by atoms with Crippen LogP contribution in [0, 0.1) is 5.92 Å². The molecule has 0 aliphatic heterocycles. The lowest BCUT2D eigenvalue weighted by atomic mass is 9.94. The van der Waals surface area contributed by atoms with E-state index in [-0.39, 0.29) is 0 Å². The van der Waals surface area contributed by atoms with E-state index in [9.17, 15) is 4.79 Å². The van der Waals surface area contributed by atoms with Crippen LogP contribution in [-0.2, 0) is 0 Å². The lowest BCUT2D eigenvalue weighted by Crippen LogP contribution is -2.07. The molecule has 1 aliphatic rings. The van der Waals surface area contributed by atoms with Crippen molar-refractivity contribution in [2.75, 3.05) is 0 Å². The van der Waals surface area contributed by atoms with Gasteiger partial charge in [0.05, 0.1) is 8.66 Å². The van der Waals surface area contributed by atoms with Crippen LogP contribution in [0.1, 0.15) is 54.6 Å². The third kappa shape index (κ3) is 3.42. The smallest absolute Gasteiger partial charge is 0.173 e. The van der Waals surface area contributed by atoms with Crippen molar-refractivity contribution >= 4 is 33.0 Å². The fraction of sp³-hybridized carbons (Fsp3) is 0.615. The number of thiophene rings is 1. The van der Waals surface area contributed by atoms with E-state index < -0.39 is 0 Å². The van der Waals surface area contributed by atoms with E-state index in [1.54, 1.807) is 11.3 Å². The van der Waals surface area contributed by atoms with Gasteiger partial charge in [0.15, 0.2) is 5.78 Å². The van der Waals surface area contributed by atoms with E-state index >= 15 is 0 Å². The average Bonchev–Trinajstić information content (AvgIpc) is 2.54. The van der Waals surface area contributed by atoms with Gasteiger partial charge in [-0.2, -0.15) is 0 Å². The van der Waals surface area contributed by atoms with Crippen molar-refractivity contribution in [3.8, 4) is 0 Å². The first-order valence-corrected chi connectivity index (χ1v) is 7.65. The van der Waals surface area contributed by atoms with Gasteiger partial charge in [0.25, 0.3) is 0 Å². The van der Waals surface area contributed by atoms with Crippen LogP contribution in [0.3, 0.4) is 0 Å². The zero-order valence-corrected chi connectivity index (χ0v) is 11.8. The minimum absolute atomic E-state index is 0.336. The molecule has 16 heavy (non-hydrogen) atoms. The Morgan fingerprint density at radius 2 is 1.94 bits per heavy atom. The number of hydrogen-bond acceptors (Lipinski definition) is 2. The number of Topliss-reactive ketones (excluding diaryl/α,β-unsaturated/α-hetero) is 1. The SMILES string of the molecule is O=C(CC1CCCCCC1)c1ccc(Br)s1. The zero-order chi connectivity index (χ0) is 11.4. The molecule has 0 saturated heterocycles. The Labute approximate surface area is 109 Å². The van der Waals surface area contributed by atoms with Gasteiger partial charge in [-0.1, -0.05) is 38.5 Å². The number of ketones is 1. The standard InChI is InChI=1S/C13H17BrOS/c14-13-8-7-12(16-13)11(15)9-10-5-3-1-2-4-6-10/h7-8,10H,1-6,9H2. The average molecular weight is 301 g/mol. The summed E-state index contributed by atoms with van der Waals surface area (Å²) in [5, 5.41) is 0. The molecule has 0 radical (unpaired) electrons. The summed E-state index contributed by atoms with van der Waals surface area (Å²) in [4.78, 5) is 12.9. The molecule has 88 valence electrons. The lowest BCUT2D eigenvalue weighted by Gasteiger charge is -2.11. The van der Waals surface area contributed by atoms with Crippen LogP contribution < -0.4 is 0 Å². The van der Waals surface area contributed by atoms with Crippen molar-refractivity contribution in [3.05, 3.63) is 20.8 Å². The Morgan fingerprint density at radius 1 is 1.25 bits per heavy atom. The van der Waals surface area contributed by atoms with Crippen molar-refractivity contribution in [3.63, 3.8) is 0 Å². The highest BCUT2D eigenvalue weighted by Gasteiger charge is 2.17. The van der Waals surface area contributed by atoms with Gasteiger partial charge in [0.2, 0.25) is 0 Å². The molecule has 1 nitrogen and oxygen atoms in total. The van der Waals surface area contributed by atoms with E-state index in [0.717, 1.165) is 15.1 Å². The number of carbonyl (C=O) groups excluding carboxylic acids is 1. The predicted octanol–water partition coefficient (Wildman–Crippen LogP) is 5.05. The van der Waals surface area contributed by atoms with Crippen molar-refractivity contribution in [1.29, 1.82) is 0 Å². The molecule has 1 aliphatic carbocycles. The molecule has 1 heterocycles. The Kier molecular flexibility index (Phi) is 4.59. The summed E-state index contributed by atoms with van der Waals surface area (Å²) in [6, 6.07) is 3.90. The van der Waals surface area contributed by atoms with Crippen LogP contribution in [-0.4, -0.2) is 5.78 Å². The highest BCUT2D eigenvalue weighted by atomic mass is 79.9. The molecule has 0 N–H and O–H groups in total. The van der Waals surface area contributed by atoms with E-state index in [1.165, 1.54) is 38.5 Å². The molecule has 2 rings (SSSR count). The highest BCUT2D eigenvalue weighted by molar-refractivity contribution is 9.11. The molecule has 0 unspecified atom stereocenters. The van der Waals surface area contributed by atoms with Crippen molar-refractivity contribution < 1.29 is 4.79 Å². The van der Waals surface area contributed by atoms with Crippen LogP contribution >= 0.6 is 27.3 Å².